The van der Waals surface area contributed by atoms with Gasteiger partial charge in [-0.15, -0.1) is 0 Å². The highest BCUT2D eigenvalue weighted by molar-refractivity contribution is 5.22. The van der Waals surface area contributed by atoms with Crippen molar-refractivity contribution in [3.05, 3.63) is 34.5 Å². The maximum atomic E-state index is 8.05. The van der Waals surface area contributed by atoms with Gasteiger partial charge in [-0.2, -0.15) is 0 Å². The fourth-order valence-electron chi connectivity index (χ4n) is 0.774. The summed E-state index contributed by atoms with van der Waals surface area (Å²) in [6, 6.07) is 3.47. The number of pyridine rings is 1. The van der Waals surface area contributed by atoms with Crippen LogP contribution < -0.4 is 4.74 Å². The van der Waals surface area contributed by atoms with Crippen LogP contribution in [0.5, 0.6) is 5.75 Å². The molecule has 5 heteroatoms. The van der Waals surface area contributed by atoms with E-state index in [2.05, 4.69) is 15.0 Å². The number of hydrogen-bond acceptors (Lipinski definition) is 3. The summed E-state index contributed by atoms with van der Waals surface area (Å²) in [5.74, 6) is 0.716. The second-order valence-corrected chi connectivity index (χ2v) is 2.08. The van der Waals surface area contributed by atoms with Gasteiger partial charge < -0.3 is 4.74 Å². The van der Waals surface area contributed by atoms with E-state index in [0.29, 0.717) is 11.4 Å². The van der Waals surface area contributed by atoms with E-state index in [4.69, 9.17) is 10.3 Å². The Morgan fingerprint density at radius 2 is 2.58 bits per heavy atom. The standard InChI is InChI=1S/C7H8N4O/c1-12-7-2-3-9-6(4-7)5-10-11-8/h2-4H,5H2,1H3. The minimum atomic E-state index is 0.258. The first-order chi connectivity index (χ1) is 5.86. The first-order valence-electron chi connectivity index (χ1n) is 3.36. The van der Waals surface area contributed by atoms with Crippen molar-refractivity contribution in [3.8, 4) is 5.75 Å². The van der Waals surface area contributed by atoms with E-state index in [1.807, 2.05) is 0 Å². The smallest absolute Gasteiger partial charge is 0.122 e. The van der Waals surface area contributed by atoms with Crippen LogP contribution in [0.4, 0.5) is 0 Å². The molecule has 0 saturated heterocycles. The molecule has 0 aromatic carbocycles. The third-order valence-electron chi connectivity index (χ3n) is 1.32. The number of rotatable bonds is 3. The van der Waals surface area contributed by atoms with Crippen LogP contribution in [-0.4, -0.2) is 12.1 Å². The maximum absolute atomic E-state index is 8.05. The predicted octanol–water partition coefficient (Wildman–Crippen LogP) is 1.90. The molecule has 0 unspecified atom stereocenters. The van der Waals surface area contributed by atoms with Gasteiger partial charge in [-0.3, -0.25) is 4.98 Å². The summed E-state index contributed by atoms with van der Waals surface area (Å²) in [5.41, 5.74) is 8.75. The Hall–Kier alpha value is -1.74. The number of aromatic nitrogens is 1. The van der Waals surface area contributed by atoms with Gasteiger partial charge in [-0.25, -0.2) is 0 Å². The van der Waals surface area contributed by atoms with Crippen molar-refractivity contribution in [3.63, 3.8) is 0 Å². The summed E-state index contributed by atoms with van der Waals surface area (Å²) in [6.07, 6.45) is 1.61. The molecule has 12 heavy (non-hydrogen) atoms. The van der Waals surface area contributed by atoms with Crippen molar-refractivity contribution in [2.75, 3.05) is 7.11 Å². The van der Waals surface area contributed by atoms with Crippen LogP contribution in [-0.2, 0) is 6.54 Å². The lowest BCUT2D eigenvalue weighted by Gasteiger charge is -1.99. The van der Waals surface area contributed by atoms with Gasteiger partial charge in [0.1, 0.15) is 5.75 Å². The summed E-state index contributed by atoms with van der Waals surface area (Å²) < 4.78 is 4.96. The van der Waals surface area contributed by atoms with Crippen LogP contribution in [0.2, 0.25) is 0 Å². The topological polar surface area (TPSA) is 70.9 Å². The number of azide groups is 1. The second kappa shape index (κ2) is 4.20. The summed E-state index contributed by atoms with van der Waals surface area (Å²) in [4.78, 5) is 6.61. The molecule has 0 amide bonds. The van der Waals surface area contributed by atoms with Crippen LogP contribution in [0.1, 0.15) is 5.69 Å². The van der Waals surface area contributed by atoms with Gasteiger partial charge in [0.05, 0.1) is 13.7 Å². The average Bonchev–Trinajstić information content (AvgIpc) is 2.15. The molecule has 62 valence electrons. The predicted molar refractivity (Wildman–Crippen MR) is 43.6 cm³/mol. The molecular formula is C7H8N4O. The molecule has 0 aliphatic rings. The minimum Gasteiger partial charge on any atom is -0.497 e. The third-order valence-corrected chi connectivity index (χ3v) is 1.32. The highest BCUT2D eigenvalue weighted by atomic mass is 16.5. The zero-order chi connectivity index (χ0) is 8.81. The number of methoxy groups -OCH3 is 1. The van der Waals surface area contributed by atoms with Crippen molar-refractivity contribution in [1.29, 1.82) is 0 Å². The zero-order valence-corrected chi connectivity index (χ0v) is 6.64. The molecule has 1 aromatic heterocycles. The van der Waals surface area contributed by atoms with Crippen LogP contribution >= 0.6 is 0 Å². The van der Waals surface area contributed by atoms with E-state index in [0.717, 1.165) is 0 Å². The molecule has 5 nitrogen and oxygen atoms in total. The zero-order valence-electron chi connectivity index (χ0n) is 6.64. The molecule has 0 fully saturated rings. The van der Waals surface area contributed by atoms with Gasteiger partial charge in [0, 0.05) is 22.9 Å². The molecule has 0 spiro atoms. The third kappa shape index (κ3) is 2.14. The molecule has 0 atom stereocenters. The molecule has 0 bridgehead atoms. The normalized spacial score (nSPS) is 8.75. The van der Waals surface area contributed by atoms with Crippen LogP contribution in [0.3, 0.4) is 0 Å². The Morgan fingerprint density at radius 1 is 1.75 bits per heavy atom. The van der Waals surface area contributed by atoms with Gasteiger partial charge in [-0.05, 0) is 11.6 Å². The molecule has 0 aliphatic heterocycles. The molecule has 1 heterocycles. The number of ether oxygens (including phenoxy) is 1. The SMILES string of the molecule is COc1ccnc(CN=[N+]=[N-])c1. The number of hydrogen-bond donors (Lipinski definition) is 0. The summed E-state index contributed by atoms with van der Waals surface area (Å²) in [7, 11) is 1.58. The molecule has 0 aliphatic carbocycles. The monoisotopic (exact) mass is 164 g/mol. The summed E-state index contributed by atoms with van der Waals surface area (Å²) >= 11 is 0. The second-order valence-electron chi connectivity index (χ2n) is 2.08. The first-order valence-corrected chi connectivity index (χ1v) is 3.36. The van der Waals surface area contributed by atoms with Crippen molar-refractivity contribution in [2.24, 2.45) is 5.11 Å². The van der Waals surface area contributed by atoms with E-state index in [1.165, 1.54) is 0 Å². The fraction of sp³-hybridized carbons (Fsp3) is 0.286. The lowest BCUT2D eigenvalue weighted by Crippen LogP contribution is -1.88. The van der Waals surface area contributed by atoms with Crippen molar-refractivity contribution in [2.45, 2.75) is 6.54 Å². The lowest BCUT2D eigenvalue weighted by atomic mass is 10.3. The van der Waals surface area contributed by atoms with E-state index in [9.17, 15) is 0 Å². The molecular weight excluding hydrogens is 156 g/mol. The Bertz CT molecular complexity index is 306. The molecule has 1 aromatic rings. The van der Waals surface area contributed by atoms with Crippen molar-refractivity contribution in [1.82, 2.24) is 4.98 Å². The van der Waals surface area contributed by atoms with Gasteiger partial charge in [0.25, 0.3) is 0 Å². The lowest BCUT2D eigenvalue weighted by molar-refractivity contribution is 0.413. The Labute approximate surface area is 69.6 Å². The van der Waals surface area contributed by atoms with Gasteiger partial charge >= 0.3 is 0 Å². The highest BCUT2D eigenvalue weighted by Crippen LogP contribution is 2.10. The summed E-state index contributed by atoms with van der Waals surface area (Å²) in [6.45, 7) is 0.258. The van der Waals surface area contributed by atoms with Crippen LogP contribution in [0.25, 0.3) is 10.4 Å². The number of nitrogens with zero attached hydrogens (tertiary/aromatic N) is 4. The van der Waals surface area contributed by atoms with Crippen molar-refractivity contribution >= 4 is 0 Å². The van der Waals surface area contributed by atoms with Crippen molar-refractivity contribution < 1.29 is 4.74 Å². The molecule has 1 rings (SSSR count). The quantitative estimate of drug-likeness (QED) is 0.389. The van der Waals surface area contributed by atoms with E-state index in [1.54, 1.807) is 25.4 Å². The maximum Gasteiger partial charge on any atom is 0.122 e. The Balaban J connectivity index is 2.78. The van der Waals surface area contributed by atoms with Gasteiger partial charge in [-0.1, -0.05) is 5.11 Å². The Kier molecular flexibility index (Phi) is 2.93. The van der Waals surface area contributed by atoms with Gasteiger partial charge in [0.15, 0.2) is 0 Å². The van der Waals surface area contributed by atoms with Crippen LogP contribution in [0.15, 0.2) is 23.4 Å². The fourth-order valence-corrected chi connectivity index (χ4v) is 0.774. The van der Waals surface area contributed by atoms with E-state index >= 15 is 0 Å². The molecule has 0 saturated carbocycles. The summed E-state index contributed by atoms with van der Waals surface area (Å²) in [5, 5.41) is 3.38. The average molecular weight is 164 g/mol. The first kappa shape index (κ1) is 8.36. The molecule has 0 radical (unpaired) electrons. The Morgan fingerprint density at radius 3 is 3.25 bits per heavy atom. The van der Waals surface area contributed by atoms with Gasteiger partial charge in [0.2, 0.25) is 0 Å². The molecule has 0 N–H and O–H groups in total. The van der Waals surface area contributed by atoms with Crippen LogP contribution in [0, 0.1) is 0 Å². The largest absolute Gasteiger partial charge is 0.497 e. The minimum absolute atomic E-state index is 0.258. The van der Waals surface area contributed by atoms with E-state index < -0.39 is 0 Å². The highest BCUT2D eigenvalue weighted by Gasteiger charge is 1.94. The van der Waals surface area contributed by atoms with E-state index in [-0.39, 0.29) is 6.54 Å².